The minimum absolute atomic E-state index is 0.0476. The van der Waals surface area contributed by atoms with Crippen molar-refractivity contribution in [2.45, 2.75) is 4.90 Å². The molecule has 1 aromatic heterocycles. The van der Waals surface area contributed by atoms with Crippen molar-refractivity contribution >= 4 is 21.7 Å². The van der Waals surface area contributed by atoms with E-state index in [1.54, 1.807) is 0 Å². The highest BCUT2D eigenvalue weighted by Gasteiger charge is 2.23. The SMILES string of the molecule is Cn1ncc(C(N)=NO)c1NS(=O)(=O)c1ccccc1F. The van der Waals surface area contributed by atoms with Gasteiger partial charge in [0.15, 0.2) is 5.84 Å². The molecule has 2 rings (SSSR count). The number of hydrogen-bond acceptors (Lipinski definition) is 5. The Morgan fingerprint density at radius 1 is 1.48 bits per heavy atom. The number of benzene rings is 1. The number of amidine groups is 1. The van der Waals surface area contributed by atoms with Crippen LogP contribution in [0.15, 0.2) is 40.5 Å². The van der Waals surface area contributed by atoms with Crippen LogP contribution in [0.4, 0.5) is 10.2 Å². The summed E-state index contributed by atoms with van der Waals surface area (Å²) in [6, 6.07) is 4.92. The van der Waals surface area contributed by atoms with Gasteiger partial charge >= 0.3 is 0 Å². The van der Waals surface area contributed by atoms with E-state index in [0.717, 1.165) is 12.1 Å². The molecule has 0 fully saturated rings. The van der Waals surface area contributed by atoms with Crippen LogP contribution in [0.5, 0.6) is 0 Å². The first-order valence-electron chi connectivity index (χ1n) is 5.64. The van der Waals surface area contributed by atoms with Crippen molar-refractivity contribution < 1.29 is 18.0 Å². The van der Waals surface area contributed by atoms with Crippen LogP contribution >= 0.6 is 0 Å². The van der Waals surface area contributed by atoms with E-state index < -0.39 is 20.7 Å². The Hall–Kier alpha value is -2.62. The maximum Gasteiger partial charge on any atom is 0.265 e. The van der Waals surface area contributed by atoms with E-state index in [0.29, 0.717) is 0 Å². The maximum atomic E-state index is 13.6. The largest absolute Gasteiger partial charge is 0.409 e. The molecule has 0 saturated carbocycles. The van der Waals surface area contributed by atoms with E-state index in [-0.39, 0.29) is 17.2 Å². The van der Waals surface area contributed by atoms with Crippen molar-refractivity contribution in [2.75, 3.05) is 4.72 Å². The van der Waals surface area contributed by atoms with Gasteiger partial charge in [-0.2, -0.15) is 5.10 Å². The summed E-state index contributed by atoms with van der Waals surface area (Å²) in [5.41, 5.74) is 5.50. The number of nitrogens with one attached hydrogen (secondary N) is 1. The first kappa shape index (κ1) is 14.8. The number of rotatable bonds is 4. The Bertz CT molecular complexity index is 800. The predicted octanol–water partition coefficient (Wildman–Crippen LogP) is 0.454. The van der Waals surface area contributed by atoms with Crippen molar-refractivity contribution in [3.8, 4) is 0 Å². The summed E-state index contributed by atoms with van der Waals surface area (Å²) in [6.07, 6.45) is 1.22. The third kappa shape index (κ3) is 2.79. The van der Waals surface area contributed by atoms with Crippen LogP contribution in [-0.4, -0.2) is 29.2 Å². The zero-order chi connectivity index (χ0) is 15.6. The van der Waals surface area contributed by atoms with Crippen LogP contribution in [0.2, 0.25) is 0 Å². The summed E-state index contributed by atoms with van der Waals surface area (Å²) in [6.45, 7) is 0. The second kappa shape index (κ2) is 5.40. The summed E-state index contributed by atoms with van der Waals surface area (Å²) in [4.78, 5) is -0.517. The molecule has 112 valence electrons. The van der Waals surface area contributed by atoms with Gasteiger partial charge in [-0.25, -0.2) is 12.8 Å². The molecular formula is C11H12FN5O3S. The lowest BCUT2D eigenvalue weighted by Crippen LogP contribution is -2.21. The molecule has 0 spiro atoms. The van der Waals surface area contributed by atoms with E-state index in [1.165, 1.54) is 30.1 Å². The van der Waals surface area contributed by atoms with Crippen LogP contribution in [0.1, 0.15) is 5.56 Å². The maximum absolute atomic E-state index is 13.6. The van der Waals surface area contributed by atoms with Gasteiger partial charge in [0.2, 0.25) is 0 Å². The van der Waals surface area contributed by atoms with Gasteiger partial charge in [0.25, 0.3) is 10.0 Å². The molecule has 0 atom stereocenters. The van der Waals surface area contributed by atoms with Crippen molar-refractivity contribution in [1.29, 1.82) is 0 Å². The molecule has 2 aromatic rings. The van der Waals surface area contributed by atoms with Gasteiger partial charge in [-0.1, -0.05) is 17.3 Å². The van der Waals surface area contributed by atoms with Gasteiger partial charge < -0.3 is 10.9 Å². The van der Waals surface area contributed by atoms with Crippen LogP contribution in [0.25, 0.3) is 0 Å². The third-order valence-corrected chi connectivity index (χ3v) is 4.05. The number of halogens is 1. The molecule has 0 saturated heterocycles. The lowest BCUT2D eigenvalue weighted by Gasteiger charge is -2.10. The highest BCUT2D eigenvalue weighted by Crippen LogP contribution is 2.21. The van der Waals surface area contributed by atoms with E-state index in [4.69, 9.17) is 10.9 Å². The third-order valence-electron chi connectivity index (χ3n) is 2.68. The van der Waals surface area contributed by atoms with Crippen molar-refractivity contribution in [2.24, 2.45) is 17.9 Å². The van der Waals surface area contributed by atoms with Crippen LogP contribution < -0.4 is 10.5 Å². The summed E-state index contributed by atoms with van der Waals surface area (Å²) in [7, 11) is -2.73. The Labute approximate surface area is 119 Å². The zero-order valence-corrected chi connectivity index (χ0v) is 11.7. The topological polar surface area (TPSA) is 123 Å². The van der Waals surface area contributed by atoms with Gasteiger partial charge in [0, 0.05) is 7.05 Å². The van der Waals surface area contributed by atoms with Gasteiger partial charge in [0.1, 0.15) is 16.5 Å². The zero-order valence-electron chi connectivity index (χ0n) is 10.9. The summed E-state index contributed by atoms with van der Waals surface area (Å²) in [5.74, 6) is -1.26. The fourth-order valence-corrected chi connectivity index (χ4v) is 2.83. The Balaban J connectivity index is 2.48. The number of nitrogens with zero attached hydrogens (tertiary/aromatic N) is 3. The molecule has 0 unspecified atom stereocenters. The molecule has 8 nitrogen and oxygen atoms in total. The normalized spacial score (nSPS) is 12.4. The van der Waals surface area contributed by atoms with Gasteiger partial charge in [-0.15, -0.1) is 0 Å². The highest BCUT2D eigenvalue weighted by atomic mass is 32.2. The minimum Gasteiger partial charge on any atom is -0.409 e. The quantitative estimate of drug-likeness (QED) is 0.327. The molecular weight excluding hydrogens is 301 g/mol. The molecule has 0 amide bonds. The van der Waals surface area contributed by atoms with E-state index in [2.05, 4.69) is 15.0 Å². The molecule has 21 heavy (non-hydrogen) atoms. The molecule has 0 bridgehead atoms. The van der Waals surface area contributed by atoms with E-state index >= 15 is 0 Å². The number of nitrogens with two attached hydrogens (primary N) is 1. The molecule has 0 radical (unpaired) electrons. The number of anilines is 1. The van der Waals surface area contributed by atoms with Crippen molar-refractivity contribution in [3.63, 3.8) is 0 Å². The standard InChI is InChI=1S/C11H12FN5O3S/c1-17-11(7(6-14-17)10(13)15-18)16-21(19,20)9-5-3-2-4-8(9)12/h2-6,16,18H,1H3,(H2,13,15). The average Bonchev–Trinajstić information content (AvgIpc) is 2.79. The lowest BCUT2D eigenvalue weighted by atomic mass is 10.3. The molecule has 1 heterocycles. The second-order valence-corrected chi connectivity index (χ2v) is 5.70. The number of oxime groups is 1. The van der Waals surface area contributed by atoms with Gasteiger partial charge in [-0.05, 0) is 12.1 Å². The van der Waals surface area contributed by atoms with Crippen molar-refractivity contribution in [3.05, 3.63) is 41.8 Å². The molecule has 10 heteroatoms. The average molecular weight is 313 g/mol. The molecule has 4 N–H and O–H groups in total. The Morgan fingerprint density at radius 3 is 2.76 bits per heavy atom. The molecule has 1 aromatic carbocycles. The molecule has 0 aliphatic carbocycles. The van der Waals surface area contributed by atoms with Gasteiger partial charge in [-0.3, -0.25) is 9.40 Å². The predicted molar refractivity (Wildman–Crippen MR) is 72.9 cm³/mol. The highest BCUT2D eigenvalue weighted by molar-refractivity contribution is 7.92. The first-order valence-corrected chi connectivity index (χ1v) is 7.12. The lowest BCUT2D eigenvalue weighted by molar-refractivity contribution is 0.318. The van der Waals surface area contributed by atoms with E-state index in [9.17, 15) is 12.8 Å². The number of aromatic nitrogens is 2. The first-order chi connectivity index (χ1) is 9.86. The number of hydrogen-bond donors (Lipinski definition) is 3. The van der Waals surface area contributed by atoms with Crippen LogP contribution in [0, 0.1) is 5.82 Å². The number of sulfonamides is 1. The number of aryl methyl sites for hydroxylation is 1. The van der Waals surface area contributed by atoms with Crippen LogP contribution in [0.3, 0.4) is 0 Å². The van der Waals surface area contributed by atoms with E-state index in [1.807, 2.05) is 0 Å². The fraction of sp³-hybridized carbons (Fsp3) is 0.0909. The second-order valence-electron chi connectivity index (χ2n) is 4.05. The summed E-state index contributed by atoms with van der Waals surface area (Å²) < 4.78 is 41.4. The monoisotopic (exact) mass is 313 g/mol. The van der Waals surface area contributed by atoms with Crippen molar-refractivity contribution in [1.82, 2.24) is 9.78 Å². The fourth-order valence-electron chi connectivity index (χ4n) is 1.64. The van der Waals surface area contributed by atoms with Crippen LogP contribution in [-0.2, 0) is 17.1 Å². The molecule has 0 aliphatic rings. The smallest absolute Gasteiger partial charge is 0.265 e. The summed E-state index contributed by atoms with van der Waals surface area (Å²) >= 11 is 0. The van der Waals surface area contributed by atoms with Gasteiger partial charge in [0.05, 0.1) is 11.8 Å². The Kier molecular flexibility index (Phi) is 3.80. The minimum atomic E-state index is -4.18. The Morgan fingerprint density at radius 2 is 2.14 bits per heavy atom. The molecule has 0 aliphatic heterocycles. The summed E-state index contributed by atoms with van der Waals surface area (Å²) in [5, 5.41) is 15.3.